The maximum Gasteiger partial charge on any atom is 0.115 e. The van der Waals surface area contributed by atoms with E-state index in [1.54, 1.807) is 13.8 Å². The maximum atomic E-state index is 9.99. The molecule has 100 valence electrons. The van der Waals surface area contributed by atoms with Gasteiger partial charge in [-0.25, -0.2) is 0 Å². The Morgan fingerprint density at radius 2 is 1.61 bits per heavy atom. The third kappa shape index (κ3) is 2.90. The summed E-state index contributed by atoms with van der Waals surface area (Å²) < 4.78 is 11.1. The molecule has 1 aliphatic heterocycles. The maximum absolute atomic E-state index is 9.99. The summed E-state index contributed by atoms with van der Waals surface area (Å²) in [6, 6.07) is 9.70. The third-order valence-corrected chi connectivity index (χ3v) is 3.35. The molecule has 0 spiro atoms. The SMILES string of the molecule is CC1O[C@@H](C)[C@H](O)C(OCc2ccccc2)[C@H]1O. The lowest BCUT2D eigenvalue weighted by atomic mass is 9.96. The Hall–Kier alpha value is -0.940. The molecule has 0 aromatic heterocycles. The summed E-state index contributed by atoms with van der Waals surface area (Å²) in [5.41, 5.74) is 1.02. The number of hydrogen-bond acceptors (Lipinski definition) is 4. The summed E-state index contributed by atoms with van der Waals surface area (Å²) >= 11 is 0. The van der Waals surface area contributed by atoms with Gasteiger partial charge in [0.05, 0.1) is 18.8 Å². The topological polar surface area (TPSA) is 58.9 Å². The fraction of sp³-hybridized carbons (Fsp3) is 0.571. The lowest BCUT2D eigenvalue weighted by Gasteiger charge is -2.40. The molecule has 0 aliphatic carbocycles. The zero-order valence-electron chi connectivity index (χ0n) is 10.7. The van der Waals surface area contributed by atoms with Crippen molar-refractivity contribution in [3.63, 3.8) is 0 Å². The predicted molar refractivity (Wildman–Crippen MR) is 67.0 cm³/mol. The van der Waals surface area contributed by atoms with Crippen LogP contribution in [-0.4, -0.2) is 40.7 Å². The molecule has 1 saturated heterocycles. The first-order chi connectivity index (χ1) is 8.59. The second kappa shape index (κ2) is 5.80. The zero-order valence-corrected chi connectivity index (χ0v) is 10.7. The standard InChI is InChI=1S/C14H20O4/c1-9-12(15)14(13(16)10(2)18-9)17-8-11-6-4-3-5-7-11/h3-7,9-10,12-16H,8H2,1-2H3/t9-,10?,12-,13-,14?/m0/s1. The summed E-state index contributed by atoms with van der Waals surface area (Å²) in [4.78, 5) is 0. The van der Waals surface area contributed by atoms with Crippen molar-refractivity contribution >= 4 is 0 Å². The van der Waals surface area contributed by atoms with Gasteiger partial charge in [0.2, 0.25) is 0 Å². The molecule has 0 amide bonds. The van der Waals surface area contributed by atoms with Crippen LogP contribution in [0.5, 0.6) is 0 Å². The molecule has 2 rings (SSSR count). The first-order valence-corrected chi connectivity index (χ1v) is 6.26. The third-order valence-electron chi connectivity index (χ3n) is 3.35. The highest BCUT2D eigenvalue weighted by Gasteiger charge is 2.41. The largest absolute Gasteiger partial charge is 0.388 e. The number of benzene rings is 1. The molecule has 1 heterocycles. The smallest absolute Gasteiger partial charge is 0.115 e. The predicted octanol–water partition coefficient (Wildman–Crippen LogP) is 1.10. The molecule has 2 unspecified atom stereocenters. The van der Waals surface area contributed by atoms with Gasteiger partial charge in [0.15, 0.2) is 0 Å². The Morgan fingerprint density at radius 1 is 1.06 bits per heavy atom. The molecule has 4 nitrogen and oxygen atoms in total. The highest BCUT2D eigenvalue weighted by molar-refractivity contribution is 5.13. The molecule has 1 aromatic rings. The first kappa shape index (κ1) is 13.5. The van der Waals surface area contributed by atoms with Crippen LogP contribution in [0.25, 0.3) is 0 Å². The highest BCUT2D eigenvalue weighted by atomic mass is 16.6. The molecule has 5 atom stereocenters. The molecule has 1 aromatic carbocycles. The molecule has 1 fully saturated rings. The van der Waals surface area contributed by atoms with Gasteiger partial charge in [-0.1, -0.05) is 30.3 Å². The van der Waals surface area contributed by atoms with E-state index in [-0.39, 0.29) is 12.2 Å². The van der Waals surface area contributed by atoms with E-state index in [4.69, 9.17) is 9.47 Å². The van der Waals surface area contributed by atoms with E-state index in [1.807, 2.05) is 30.3 Å². The van der Waals surface area contributed by atoms with Gasteiger partial charge < -0.3 is 19.7 Å². The molecule has 4 heteroatoms. The zero-order chi connectivity index (χ0) is 13.1. The van der Waals surface area contributed by atoms with E-state index >= 15 is 0 Å². The summed E-state index contributed by atoms with van der Waals surface area (Å²) in [7, 11) is 0. The number of aliphatic hydroxyl groups excluding tert-OH is 2. The van der Waals surface area contributed by atoms with E-state index in [0.29, 0.717) is 6.61 Å². The minimum atomic E-state index is -0.806. The fourth-order valence-corrected chi connectivity index (χ4v) is 2.20. The van der Waals surface area contributed by atoms with Crippen molar-refractivity contribution in [1.82, 2.24) is 0 Å². The van der Waals surface area contributed by atoms with Gasteiger partial charge in [0.1, 0.15) is 18.3 Å². The normalized spacial score (nSPS) is 36.6. The number of hydrogen-bond donors (Lipinski definition) is 2. The van der Waals surface area contributed by atoms with Gasteiger partial charge in [-0.05, 0) is 19.4 Å². The second-order valence-electron chi connectivity index (χ2n) is 4.79. The van der Waals surface area contributed by atoms with Gasteiger partial charge in [-0.3, -0.25) is 0 Å². The van der Waals surface area contributed by atoms with Crippen LogP contribution in [-0.2, 0) is 16.1 Å². The van der Waals surface area contributed by atoms with Crippen molar-refractivity contribution in [2.24, 2.45) is 0 Å². The molecule has 0 saturated carbocycles. The van der Waals surface area contributed by atoms with Crippen molar-refractivity contribution in [3.8, 4) is 0 Å². The van der Waals surface area contributed by atoms with Crippen molar-refractivity contribution in [3.05, 3.63) is 35.9 Å². The number of ether oxygens (including phenoxy) is 2. The molecule has 1 aliphatic rings. The Morgan fingerprint density at radius 3 is 2.17 bits per heavy atom. The Kier molecular flexibility index (Phi) is 4.35. The molecular weight excluding hydrogens is 232 g/mol. The number of aliphatic hydroxyl groups is 2. The van der Waals surface area contributed by atoms with Crippen molar-refractivity contribution in [1.29, 1.82) is 0 Å². The quantitative estimate of drug-likeness (QED) is 0.846. The van der Waals surface area contributed by atoms with Crippen LogP contribution in [0, 0.1) is 0 Å². The summed E-state index contributed by atoms with van der Waals surface area (Å²) in [5.74, 6) is 0. The van der Waals surface area contributed by atoms with Crippen LogP contribution in [0.1, 0.15) is 19.4 Å². The van der Waals surface area contributed by atoms with E-state index in [9.17, 15) is 10.2 Å². The lowest BCUT2D eigenvalue weighted by molar-refractivity contribution is -0.229. The highest BCUT2D eigenvalue weighted by Crippen LogP contribution is 2.23. The Bertz CT molecular complexity index is 353. The summed E-state index contributed by atoms with van der Waals surface area (Å²) in [6.45, 7) is 3.94. The summed E-state index contributed by atoms with van der Waals surface area (Å²) in [5, 5.41) is 20.0. The van der Waals surface area contributed by atoms with Gasteiger partial charge in [-0.15, -0.1) is 0 Å². The summed E-state index contributed by atoms with van der Waals surface area (Å²) in [6.07, 6.45) is -2.88. The van der Waals surface area contributed by atoms with E-state index in [2.05, 4.69) is 0 Å². The monoisotopic (exact) mass is 252 g/mol. The van der Waals surface area contributed by atoms with E-state index in [1.165, 1.54) is 0 Å². The molecular formula is C14H20O4. The van der Waals surface area contributed by atoms with Gasteiger partial charge in [0.25, 0.3) is 0 Å². The molecule has 2 N–H and O–H groups in total. The van der Waals surface area contributed by atoms with Crippen LogP contribution < -0.4 is 0 Å². The average Bonchev–Trinajstić information content (AvgIpc) is 2.38. The van der Waals surface area contributed by atoms with E-state index in [0.717, 1.165) is 5.56 Å². The van der Waals surface area contributed by atoms with Crippen LogP contribution in [0.3, 0.4) is 0 Å². The van der Waals surface area contributed by atoms with Gasteiger partial charge in [-0.2, -0.15) is 0 Å². The van der Waals surface area contributed by atoms with Gasteiger partial charge in [0, 0.05) is 0 Å². The molecule has 18 heavy (non-hydrogen) atoms. The van der Waals surface area contributed by atoms with Crippen molar-refractivity contribution in [2.45, 2.75) is 51.0 Å². The van der Waals surface area contributed by atoms with Crippen LogP contribution in [0.2, 0.25) is 0 Å². The minimum absolute atomic E-state index is 0.329. The number of rotatable bonds is 3. The van der Waals surface area contributed by atoms with E-state index < -0.39 is 18.3 Å². The van der Waals surface area contributed by atoms with Crippen molar-refractivity contribution in [2.75, 3.05) is 0 Å². The Labute approximate surface area is 107 Å². The molecule has 0 radical (unpaired) electrons. The lowest BCUT2D eigenvalue weighted by Crippen LogP contribution is -2.56. The second-order valence-corrected chi connectivity index (χ2v) is 4.79. The van der Waals surface area contributed by atoms with Crippen molar-refractivity contribution < 1.29 is 19.7 Å². The average molecular weight is 252 g/mol. The van der Waals surface area contributed by atoms with Crippen LogP contribution in [0.4, 0.5) is 0 Å². The molecule has 0 bridgehead atoms. The van der Waals surface area contributed by atoms with Crippen LogP contribution in [0.15, 0.2) is 30.3 Å². The minimum Gasteiger partial charge on any atom is -0.388 e. The van der Waals surface area contributed by atoms with Crippen LogP contribution >= 0.6 is 0 Å². The fourth-order valence-electron chi connectivity index (χ4n) is 2.20. The first-order valence-electron chi connectivity index (χ1n) is 6.26. The van der Waals surface area contributed by atoms with Gasteiger partial charge >= 0.3 is 0 Å². The Balaban J connectivity index is 1.98.